The Morgan fingerprint density at radius 1 is 1.31 bits per heavy atom. The third kappa shape index (κ3) is 4.50. The van der Waals surface area contributed by atoms with Gasteiger partial charge in [0, 0.05) is 32.3 Å². The fourth-order valence-electron chi connectivity index (χ4n) is 2.43. The predicted octanol–water partition coefficient (Wildman–Crippen LogP) is 0.586. The van der Waals surface area contributed by atoms with Crippen molar-refractivity contribution in [3.63, 3.8) is 0 Å². The van der Waals surface area contributed by atoms with Gasteiger partial charge in [-0.1, -0.05) is 6.08 Å². The standard InChI is InChI=1S/C17H23N5O4/c1-11(9-15(23)18-12-7-5-6-8-13(12)26-4)19-20-14-10-16(24)22(3)17(25)21(14)2/h5,7,10,20H,6,8-9H2,1-4H3,(H,18,23). The second-order valence-electron chi connectivity index (χ2n) is 5.93. The number of hydrazone groups is 1. The monoisotopic (exact) mass is 361 g/mol. The van der Waals surface area contributed by atoms with Gasteiger partial charge in [0.25, 0.3) is 5.56 Å². The first-order valence-electron chi connectivity index (χ1n) is 8.13. The van der Waals surface area contributed by atoms with Crippen LogP contribution in [0.2, 0.25) is 0 Å². The van der Waals surface area contributed by atoms with E-state index in [0.717, 1.165) is 23.2 Å². The van der Waals surface area contributed by atoms with Crippen molar-refractivity contribution in [3.8, 4) is 0 Å². The maximum atomic E-state index is 12.2. The molecule has 26 heavy (non-hydrogen) atoms. The molecular weight excluding hydrogens is 338 g/mol. The molecule has 1 aromatic heterocycles. The van der Waals surface area contributed by atoms with Crippen molar-refractivity contribution in [2.45, 2.75) is 26.2 Å². The summed E-state index contributed by atoms with van der Waals surface area (Å²) in [4.78, 5) is 35.7. The zero-order valence-corrected chi connectivity index (χ0v) is 15.3. The second kappa shape index (κ2) is 8.32. The van der Waals surface area contributed by atoms with Crippen LogP contribution in [0.25, 0.3) is 0 Å². The highest BCUT2D eigenvalue weighted by atomic mass is 16.5. The number of methoxy groups -OCH3 is 1. The van der Waals surface area contributed by atoms with Gasteiger partial charge in [0.2, 0.25) is 5.91 Å². The number of carbonyl (C=O) groups is 1. The number of aromatic nitrogens is 2. The number of hydrogen-bond donors (Lipinski definition) is 2. The number of allylic oxidation sites excluding steroid dienone is 3. The molecule has 0 aromatic carbocycles. The van der Waals surface area contributed by atoms with Crippen LogP contribution in [0.4, 0.5) is 5.82 Å². The fourth-order valence-corrected chi connectivity index (χ4v) is 2.43. The molecule has 0 aliphatic heterocycles. The Morgan fingerprint density at radius 2 is 2.04 bits per heavy atom. The van der Waals surface area contributed by atoms with Gasteiger partial charge in [-0.3, -0.25) is 24.1 Å². The molecule has 1 aliphatic carbocycles. The van der Waals surface area contributed by atoms with Gasteiger partial charge in [0.1, 0.15) is 11.6 Å². The van der Waals surface area contributed by atoms with E-state index >= 15 is 0 Å². The Morgan fingerprint density at radius 3 is 2.73 bits per heavy atom. The summed E-state index contributed by atoms with van der Waals surface area (Å²) in [6.45, 7) is 1.67. The summed E-state index contributed by atoms with van der Waals surface area (Å²) in [7, 11) is 4.50. The smallest absolute Gasteiger partial charge is 0.332 e. The van der Waals surface area contributed by atoms with E-state index in [-0.39, 0.29) is 18.1 Å². The first kappa shape index (κ1) is 19.2. The summed E-state index contributed by atoms with van der Waals surface area (Å²) in [5, 5.41) is 6.87. The SMILES string of the molecule is COC1=C(NC(=O)CC(C)=NNc2cc(=O)n(C)c(=O)n2C)C=CCC1. The van der Waals surface area contributed by atoms with Gasteiger partial charge in [0.05, 0.1) is 19.2 Å². The minimum Gasteiger partial charge on any atom is -0.499 e. The van der Waals surface area contributed by atoms with Crippen molar-refractivity contribution in [1.29, 1.82) is 0 Å². The first-order chi connectivity index (χ1) is 12.3. The summed E-state index contributed by atoms with van der Waals surface area (Å²) in [5.41, 5.74) is 2.90. The van der Waals surface area contributed by atoms with Gasteiger partial charge >= 0.3 is 5.69 Å². The van der Waals surface area contributed by atoms with E-state index in [4.69, 9.17) is 4.74 Å². The first-order valence-corrected chi connectivity index (χ1v) is 8.13. The zero-order valence-electron chi connectivity index (χ0n) is 15.3. The van der Waals surface area contributed by atoms with Crippen LogP contribution in [-0.2, 0) is 23.6 Å². The molecule has 2 N–H and O–H groups in total. The van der Waals surface area contributed by atoms with Crippen LogP contribution in [0, 0.1) is 0 Å². The molecule has 9 nitrogen and oxygen atoms in total. The number of carbonyl (C=O) groups excluding carboxylic acids is 1. The summed E-state index contributed by atoms with van der Waals surface area (Å²) in [6.07, 6.45) is 5.47. The van der Waals surface area contributed by atoms with E-state index in [2.05, 4.69) is 15.8 Å². The third-order valence-corrected chi connectivity index (χ3v) is 3.95. The molecule has 0 spiro atoms. The normalized spacial score (nSPS) is 14.4. The number of nitrogens with zero attached hydrogens (tertiary/aromatic N) is 3. The lowest BCUT2D eigenvalue weighted by Crippen LogP contribution is -2.37. The van der Waals surface area contributed by atoms with Gasteiger partial charge < -0.3 is 10.1 Å². The maximum Gasteiger partial charge on any atom is 0.332 e. The summed E-state index contributed by atoms with van der Waals surface area (Å²) >= 11 is 0. The maximum absolute atomic E-state index is 12.2. The van der Waals surface area contributed by atoms with Crippen LogP contribution in [-0.4, -0.2) is 27.9 Å². The molecule has 1 aromatic rings. The van der Waals surface area contributed by atoms with E-state index in [0.29, 0.717) is 11.4 Å². The summed E-state index contributed by atoms with van der Waals surface area (Å²) < 4.78 is 7.53. The molecule has 1 aliphatic rings. The summed E-state index contributed by atoms with van der Waals surface area (Å²) in [6, 6.07) is 1.26. The zero-order chi connectivity index (χ0) is 19.3. The van der Waals surface area contributed by atoms with Gasteiger partial charge in [-0.15, -0.1) is 0 Å². The molecule has 0 bridgehead atoms. The largest absolute Gasteiger partial charge is 0.499 e. The van der Waals surface area contributed by atoms with Crippen molar-refractivity contribution in [2.24, 2.45) is 19.2 Å². The van der Waals surface area contributed by atoms with Crippen LogP contribution in [0.15, 0.2) is 44.4 Å². The van der Waals surface area contributed by atoms with Crippen LogP contribution in [0.5, 0.6) is 0 Å². The number of ether oxygens (including phenoxy) is 1. The van der Waals surface area contributed by atoms with E-state index < -0.39 is 11.2 Å². The molecule has 0 saturated heterocycles. The van der Waals surface area contributed by atoms with Crippen molar-refractivity contribution in [3.05, 3.63) is 50.5 Å². The molecule has 2 rings (SSSR count). The van der Waals surface area contributed by atoms with E-state index in [1.807, 2.05) is 12.2 Å². The molecule has 0 unspecified atom stereocenters. The lowest BCUT2D eigenvalue weighted by Gasteiger charge is -2.15. The van der Waals surface area contributed by atoms with Crippen molar-refractivity contribution in [1.82, 2.24) is 14.5 Å². The van der Waals surface area contributed by atoms with E-state index in [1.165, 1.54) is 24.7 Å². The number of hydrogen-bond acceptors (Lipinski definition) is 6. The Bertz CT molecular complexity index is 905. The molecule has 1 heterocycles. The minimum atomic E-state index is -0.464. The molecular formula is C17H23N5O4. The molecule has 0 fully saturated rings. The van der Waals surface area contributed by atoms with Gasteiger partial charge in [-0.25, -0.2) is 4.79 Å². The van der Waals surface area contributed by atoms with Gasteiger partial charge in [0.15, 0.2) is 0 Å². The predicted molar refractivity (Wildman–Crippen MR) is 98.8 cm³/mol. The van der Waals surface area contributed by atoms with Crippen LogP contribution in [0.3, 0.4) is 0 Å². The van der Waals surface area contributed by atoms with Crippen LogP contribution in [0.1, 0.15) is 26.2 Å². The molecule has 140 valence electrons. The lowest BCUT2D eigenvalue weighted by molar-refractivity contribution is -0.119. The molecule has 0 saturated carbocycles. The van der Waals surface area contributed by atoms with E-state index in [9.17, 15) is 14.4 Å². The van der Waals surface area contributed by atoms with Crippen molar-refractivity contribution < 1.29 is 9.53 Å². The number of amides is 1. The third-order valence-electron chi connectivity index (χ3n) is 3.95. The van der Waals surface area contributed by atoms with Crippen LogP contribution < -0.4 is 22.0 Å². The highest BCUT2D eigenvalue weighted by Crippen LogP contribution is 2.17. The number of rotatable bonds is 6. The highest BCUT2D eigenvalue weighted by molar-refractivity contribution is 6.00. The van der Waals surface area contributed by atoms with Crippen LogP contribution >= 0.6 is 0 Å². The van der Waals surface area contributed by atoms with E-state index in [1.54, 1.807) is 14.0 Å². The Labute approximate surface area is 150 Å². The Balaban J connectivity index is 2.04. The topological polar surface area (TPSA) is 107 Å². The average Bonchev–Trinajstić information content (AvgIpc) is 2.62. The minimum absolute atomic E-state index is 0.0557. The molecule has 0 atom stereocenters. The highest BCUT2D eigenvalue weighted by Gasteiger charge is 2.12. The molecule has 9 heteroatoms. The molecule has 0 radical (unpaired) electrons. The Kier molecular flexibility index (Phi) is 6.16. The van der Waals surface area contributed by atoms with Crippen molar-refractivity contribution in [2.75, 3.05) is 12.5 Å². The quantitative estimate of drug-likeness (QED) is 0.570. The summed E-state index contributed by atoms with van der Waals surface area (Å²) in [5.74, 6) is 0.753. The van der Waals surface area contributed by atoms with Crippen molar-refractivity contribution >= 4 is 17.4 Å². The van der Waals surface area contributed by atoms with Gasteiger partial charge in [-0.2, -0.15) is 5.10 Å². The number of anilines is 1. The van der Waals surface area contributed by atoms with Gasteiger partial charge in [-0.05, 0) is 19.4 Å². The second-order valence-corrected chi connectivity index (χ2v) is 5.93. The average molecular weight is 361 g/mol. The lowest BCUT2D eigenvalue weighted by atomic mass is 10.1. The Hall–Kier alpha value is -3.10. The molecule has 1 amide bonds. The number of nitrogens with one attached hydrogen (secondary N) is 2. The fraction of sp³-hybridized carbons (Fsp3) is 0.412.